The highest BCUT2D eigenvalue weighted by Gasteiger charge is 2.17. The van der Waals surface area contributed by atoms with E-state index in [-0.39, 0.29) is 0 Å². The molecule has 0 radical (unpaired) electrons. The lowest BCUT2D eigenvalue weighted by Crippen LogP contribution is -1.99. The van der Waals surface area contributed by atoms with Gasteiger partial charge in [-0.3, -0.25) is 0 Å². The molecule has 0 aliphatic rings. The average Bonchev–Trinajstić information content (AvgIpc) is 3.12. The fourth-order valence-corrected chi connectivity index (χ4v) is 3.42. The molecule has 0 aliphatic carbocycles. The van der Waals surface area contributed by atoms with E-state index in [1.165, 1.54) is 0 Å². The molecular formula is C16H12N2OS. The number of fused-ring (bicyclic) bond motifs is 2. The lowest BCUT2D eigenvalue weighted by atomic mass is 10.1. The van der Waals surface area contributed by atoms with Crippen LogP contribution in [0, 0.1) is 0 Å². The van der Waals surface area contributed by atoms with Crippen LogP contribution in [0.25, 0.3) is 15.7 Å². The molecule has 1 unspecified atom stereocenters. The molecule has 3 aromatic heterocycles. The summed E-state index contributed by atoms with van der Waals surface area (Å²) in [4.78, 5) is 4.50. The van der Waals surface area contributed by atoms with Gasteiger partial charge in [0, 0.05) is 22.7 Å². The van der Waals surface area contributed by atoms with Gasteiger partial charge in [-0.25, -0.2) is 4.98 Å². The predicted octanol–water partition coefficient (Wildman–Crippen LogP) is 3.63. The molecule has 4 rings (SSSR count). The molecule has 0 saturated carbocycles. The Morgan fingerprint density at radius 2 is 2.05 bits per heavy atom. The van der Waals surface area contributed by atoms with E-state index in [1.807, 2.05) is 52.5 Å². The van der Waals surface area contributed by atoms with E-state index in [0.717, 1.165) is 21.3 Å². The third-order valence-corrected chi connectivity index (χ3v) is 4.45. The van der Waals surface area contributed by atoms with Crippen LogP contribution < -0.4 is 0 Å². The highest BCUT2D eigenvalue weighted by atomic mass is 32.1. The number of nitrogens with zero attached hydrogens (tertiary/aromatic N) is 2. The van der Waals surface area contributed by atoms with Crippen molar-refractivity contribution in [2.24, 2.45) is 0 Å². The first kappa shape index (κ1) is 11.6. The highest BCUT2D eigenvalue weighted by molar-refractivity contribution is 7.17. The Kier molecular flexibility index (Phi) is 2.58. The largest absolute Gasteiger partial charge is 0.382 e. The van der Waals surface area contributed by atoms with Crippen LogP contribution in [0.15, 0.2) is 60.2 Å². The first-order chi connectivity index (χ1) is 9.83. The summed E-state index contributed by atoms with van der Waals surface area (Å²) in [7, 11) is 0. The molecule has 4 aromatic rings. The number of thiophene rings is 1. The van der Waals surface area contributed by atoms with Gasteiger partial charge >= 0.3 is 0 Å². The Morgan fingerprint density at radius 3 is 2.95 bits per heavy atom. The van der Waals surface area contributed by atoms with Crippen LogP contribution in [-0.4, -0.2) is 14.5 Å². The Labute approximate surface area is 119 Å². The smallest absolute Gasteiger partial charge is 0.137 e. The van der Waals surface area contributed by atoms with Crippen molar-refractivity contribution in [2.45, 2.75) is 6.10 Å². The number of hydrogen-bond acceptors (Lipinski definition) is 3. The molecule has 0 aliphatic heterocycles. The summed E-state index contributed by atoms with van der Waals surface area (Å²) in [6.07, 6.45) is 3.12. The maximum Gasteiger partial charge on any atom is 0.137 e. The Morgan fingerprint density at radius 1 is 1.10 bits per heavy atom. The summed E-state index contributed by atoms with van der Waals surface area (Å²) < 4.78 is 3.05. The van der Waals surface area contributed by atoms with Crippen LogP contribution in [0.5, 0.6) is 0 Å². The minimum atomic E-state index is -0.697. The van der Waals surface area contributed by atoms with Gasteiger partial charge in [-0.1, -0.05) is 24.3 Å². The predicted molar refractivity (Wildman–Crippen MR) is 81.1 cm³/mol. The molecule has 1 aromatic carbocycles. The molecule has 1 atom stereocenters. The number of imidazole rings is 1. The molecule has 4 heteroatoms. The number of aromatic nitrogens is 2. The molecule has 3 heterocycles. The summed E-state index contributed by atoms with van der Waals surface area (Å²) in [6.45, 7) is 0. The van der Waals surface area contributed by atoms with Gasteiger partial charge in [0.2, 0.25) is 0 Å². The lowest BCUT2D eigenvalue weighted by molar-refractivity contribution is 0.218. The number of rotatable bonds is 2. The monoisotopic (exact) mass is 280 g/mol. The zero-order valence-electron chi connectivity index (χ0n) is 10.6. The number of hydrogen-bond donors (Lipinski definition) is 1. The summed E-state index contributed by atoms with van der Waals surface area (Å²) in [5.74, 6) is 0. The molecule has 3 nitrogen and oxygen atoms in total. The summed E-state index contributed by atoms with van der Waals surface area (Å²) in [5, 5.41) is 13.8. The van der Waals surface area contributed by atoms with E-state index in [1.54, 1.807) is 11.3 Å². The second-order valence-electron chi connectivity index (χ2n) is 4.72. The van der Waals surface area contributed by atoms with Gasteiger partial charge in [0.25, 0.3) is 0 Å². The second kappa shape index (κ2) is 4.44. The quantitative estimate of drug-likeness (QED) is 0.609. The van der Waals surface area contributed by atoms with Crippen molar-refractivity contribution >= 4 is 27.1 Å². The molecule has 0 amide bonds. The van der Waals surface area contributed by atoms with Gasteiger partial charge < -0.3 is 9.51 Å². The molecule has 0 spiro atoms. The number of pyridine rings is 1. The van der Waals surface area contributed by atoms with Crippen LogP contribution >= 0.6 is 11.3 Å². The van der Waals surface area contributed by atoms with Crippen molar-refractivity contribution in [1.29, 1.82) is 0 Å². The van der Waals surface area contributed by atoms with Crippen LogP contribution in [-0.2, 0) is 0 Å². The lowest BCUT2D eigenvalue weighted by Gasteiger charge is -2.09. The van der Waals surface area contributed by atoms with Crippen molar-refractivity contribution in [1.82, 2.24) is 9.38 Å². The van der Waals surface area contributed by atoms with E-state index >= 15 is 0 Å². The molecule has 1 N–H and O–H groups in total. The minimum Gasteiger partial charge on any atom is -0.382 e. The Balaban J connectivity index is 1.87. The summed E-state index contributed by atoms with van der Waals surface area (Å²) in [5.41, 5.74) is 2.44. The maximum absolute atomic E-state index is 10.6. The zero-order chi connectivity index (χ0) is 13.5. The number of aliphatic hydroxyl groups excluding tert-OH is 1. The number of aliphatic hydroxyl groups is 1. The first-order valence-corrected chi connectivity index (χ1v) is 7.29. The highest BCUT2D eigenvalue weighted by Crippen LogP contribution is 2.31. The van der Waals surface area contributed by atoms with E-state index in [0.29, 0.717) is 5.69 Å². The van der Waals surface area contributed by atoms with Crippen LogP contribution in [0.2, 0.25) is 0 Å². The van der Waals surface area contributed by atoms with Crippen molar-refractivity contribution in [3.63, 3.8) is 0 Å². The molecule has 0 fully saturated rings. The summed E-state index contributed by atoms with van der Waals surface area (Å²) >= 11 is 1.65. The van der Waals surface area contributed by atoms with E-state index < -0.39 is 6.10 Å². The molecule has 0 saturated heterocycles. The average molecular weight is 280 g/mol. The van der Waals surface area contributed by atoms with E-state index in [4.69, 9.17) is 0 Å². The third kappa shape index (κ3) is 1.73. The van der Waals surface area contributed by atoms with Crippen LogP contribution in [0.4, 0.5) is 0 Å². The summed E-state index contributed by atoms with van der Waals surface area (Å²) in [6, 6.07) is 13.9. The minimum absolute atomic E-state index is 0.678. The van der Waals surface area contributed by atoms with Gasteiger partial charge in [0.15, 0.2) is 0 Å². The van der Waals surface area contributed by atoms with Gasteiger partial charge in [-0.15, -0.1) is 11.3 Å². The van der Waals surface area contributed by atoms with Crippen molar-refractivity contribution in [3.05, 3.63) is 71.5 Å². The normalized spacial score (nSPS) is 13.1. The fourth-order valence-electron chi connectivity index (χ4n) is 2.48. The topological polar surface area (TPSA) is 37.5 Å². The molecule has 20 heavy (non-hydrogen) atoms. The Bertz CT molecular complexity index is 860. The maximum atomic E-state index is 10.6. The number of benzene rings is 1. The first-order valence-electron chi connectivity index (χ1n) is 6.41. The van der Waals surface area contributed by atoms with Gasteiger partial charge in [-0.2, -0.15) is 0 Å². The van der Waals surface area contributed by atoms with Gasteiger partial charge in [0.1, 0.15) is 11.8 Å². The van der Waals surface area contributed by atoms with Crippen molar-refractivity contribution in [2.75, 3.05) is 0 Å². The molecule has 98 valence electrons. The van der Waals surface area contributed by atoms with E-state index in [2.05, 4.69) is 17.1 Å². The van der Waals surface area contributed by atoms with Crippen LogP contribution in [0.1, 0.15) is 17.4 Å². The van der Waals surface area contributed by atoms with Crippen molar-refractivity contribution < 1.29 is 5.11 Å². The zero-order valence-corrected chi connectivity index (χ0v) is 11.4. The standard InChI is InChI=1S/C16H12N2OS/c19-15(12-5-3-4-11-7-9-20-16(11)12)13-10-18-8-2-1-6-14(18)17-13/h1-10,15,19H. The van der Waals surface area contributed by atoms with Crippen LogP contribution in [0.3, 0.4) is 0 Å². The molecule has 0 bridgehead atoms. The Hall–Kier alpha value is -2.17. The van der Waals surface area contributed by atoms with Gasteiger partial charge in [0.05, 0.1) is 5.69 Å². The van der Waals surface area contributed by atoms with Crippen molar-refractivity contribution in [3.8, 4) is 0 Å². The van der Waals surface area contributed by atoms with Gasteiger partial charge in [-0.05, 0) is 29.0 Å². The SMILES string of the molecule is OC(c1cn2ccccc2n1)c1cccc2ccsc12. The second-order valence-corrected chi connectivity index (χ2v) is 5.64. The fraction of sp³-hybridized carbons (Fsp3) is 0.0625. The van der Waals surface area contributed by atoms with E-state index in [9.17, 15) is 5.11 Å². The molecular weight excluding hydrogens is 268 g/mol. The third-order valence-electron chi connectivity index (χ3n) is 3.47.